The van der Waals surface area contributed by atoms with Crippen LogP contribution in [0, 0.1) is 23.7 Å². The van der Waals surface area contributed by atoms with Crippen molar-refractivity contribution >= 4 is 11.6 Å². The highest BCUT2D eigenvalue weighted by molar-refractivity contribution is 6.30. The van der Waals surface area contributed by atoms with Gasteiger partial charge in [0.15, 0.2) is 0 Å². The first-order valence-electron chi connectivity index (χ1n) is 4.77. The molecule has 1 heteroatoms. The van der Waals surface area contributed by atoms with Crippen LogP contribution in [-0.2, 0) is 0 Å². The molecule has 2 bridgehead atoms. The average Bonchev–Trinajstić information content (AvgIpc) is 2.06. The fourth-order valence-electron chi connectivity index (χ4n) is 2.52. The van der Waals surface area contributed by atoms with Gasteiger partial charge >= 0.3 is 0 Å². The van der Waals surface area contributed by atoms with Crippen molar-refractivity contribution in [3.05, 3.63) is 47.6 Å². The van der Waals surface area contributed by atoms with Gasteiger partial charge in [0.2, 0.25) is 0 Å². The molecule has 0 saturated carbocycles. The van der Waals surface area contributed by atoms with Crippen LogP contribution in [0.5, 0.6) is 0 Å². The molecule has 13 heavy (non-hydrogen) atoms. The van der Waals surface area contributed by atoms with E-state index < -0.39 is 0 Å². The largest absolute Gasteiger partial charge is 0.0891 e. The van der Waals surface area contributed by atoms with Gasteiger partial charge in [0.05, 0.1) is 0 Å². The van der Waals surface area contributed by atoms with Crippen LogP contribution < -0.4 is 0 Å². The minimum absolute atomic E-state index is 0.531. The molecule has 0 fully saturated rings. The van der Waals surface area contributed by atoms with E-state index in [4.69, 9.17) is 11.6 Å². The third-order valence-electron chi connectivity index (χ3n) is 3.28. The molecule has 0 N–H and O–H groups in total. The van der Waals surface area contributed by atoms with Crippen LogP contribution in [0.3, 0.4) is 0 Å². The normalized spacial score (nSPS) is 47.3. The molecule has 4 atom stereocenters. The van der Waals surface area contributed by atoms with E-state index in [1.54, 1.807) is 0 Å². The Bertz CT molecular complexity index is 346. The van der Waals surface area contributed by atoms with Gasteiger partial charge in [0, 0.05) is 22.8 Å². The van der Waals surface area contributed by atoms with Crippen LogP contribution in [0.2, 0.25) is 0 Å². The Morgan fingerprint density at radius 1 is 0.923 bits per heavy atom. The molecule has 3 aliphatic carbocycles. The summed E-state index contributed by atoms with van der Waals surface area (Å²) in [5.74, 6) is 2.33. The zero-order chi connectivity index (χ0) is 8.84. The Morgan fingerprint density at radius 3 is 2.38 bits per heavy atom. The van der Waals surface area contributed by atoms with Gasteiger partial charge in [0.25, 0.3) is 0 Å². The van der Waals surface area contributed by atoms with E-state index >= 15 is 0 Å². The highest BCUT2D eigenvalue weighted by Gasteiger charge is 2.41. The summed E-state index contributed by atoms with van der Waals surface area (Å²) in [6, 6.07) is 0. The lowest BCUT2D eigenvalue weighted by Crippen LogP contribution is -2.36. The topological polar surface area (TPSA) is 0 Å². The highest BCUT2D eigenvalue weighted by Crippen LogP contribution is 2.50. The molecular weight excluding hydrogens is 180 g/mol. The number of halogens is 1. The molecule has 0 aromatic heterocycles. The summed E-state index contributed by atoms with van der Waals surface area (Å²) in [7, 11) is 0. The Balaban J connectivity index is 2.08. The van der Waals surface area contributed by atoms with Gasteiger partial charge in [-0.15, -0.1) is 0 Å². The predicted molar refractivity (Wildman–Crippen MR) is 55.3 cm³/mol. The molecule has 0 heterocycles. The maximum Gasteiger partial charge on any atom is 0.0190 e. The van der Waals surface area contributed by atoms with E-state index in [0.717, 1.165) is 5.03 Å². The van der Waals surface area contributed by atoms with Crippen molar-refractivity contribution in [3.8, 4) is 0 Å². The summed E-state index contributed by atoms with van der Waals surface area (Å²) < 4.78 is 0. The zero-order valence-electron chi connectivity index (χ0n) is 7.23. The number of rotatable bonds is 0. The smallest absolute Gasteiger partial charge is 0.0190 e. The summed E-state index contributed by atoms with van der Waals surface area (Å²) in [5.41, 5.74) is 0. The van der Waals surface area contributed by atoms with Crippen LogP contribution in [0.1, 0.15) is 0 Å². The molecule has 0 unspecified atom stereocenters. The van der Waals surface area contributed by atoms with Crippen LogP contribution in [0.4, 0.5) is 0 Å². The SMILES string of the molecule is ClC1=C[C@H]2[C@H]1[C@H]1C=C/C=C/[C@H]2C=C1. The Labute approximate surface area is 83.3 Å². The van der Waals surface area contributed by atoms with Gasteiger partial charge in [-0.1, -0.05) is 54.1 Å². The molecule has 0 spiro atoms. The van der Waals surface area contributed by atoms with Crippen LogP contribution in [0.15, 0.2) is 47.6 Å². The second-order valence-electron chi connectivity index (χ2n) is 3.96. The van der Waals surface area contributed by atoms with Crippen molar-refractivity contribution in [1.82, 2.24) is 0 Å². The van der Waals surface area contributed by atoms with Gasteiger partial charge in [-0.2, -0.15) is 0 Å². The first-order valence-corrected chi connectivity index (χ1v) is 5.14. The predicted octanol–water partition coefficient (Wildman–Crippen LogP) is 3.28. The quantitative estimate of drug-likeness (QED) is 0.515. The highest BCUT2D eigenvalue weighted by atomic mass is 35.5. The molecule has 3 rings (SSSR count). The number of allylic oxidation sites excluding steroid dienone is 8. The monoisotopic (exact) mass is 190 g/mol. The van der Waals surface area contributed by atoms with Crippen molar-refractivity contribution in [1.29, 1.82) is 0 Å². The van der Waals surface area contributed by atoms with Crippen LogP contribution in [0.25, 0.3) is 0 Å². The second kappa shape index (κ2) is 2.62. The van der Waals surface area contributed by atoms with E-state index in [1.807, 2.05) is 0 Å². The summed E-state index contributed by atoms with van der Waals surface area (Å²) in [6.07, 6.45) is 15.6. The lowest BCUT2D eigenvalue weighted by Gasteiger charge is -2.43. The minimum atomic E-state index is 0.531. The molecule has 0 radical (unpaired) electrons. The maximum atomic E-state index is 6.11. The minimum Gasteiger partial charge on any atom is -0.0891 e. The van der Waals surface area contributed by atoms with Crippen molar-refractivity contribution in [2.45, 2.75) is 0 Å². The van der Waals surface area contributed by atoms with E-state index in [2.05, 4.69) is 42.5 Å². The van der Waals surface area contributed by atoms with Gasteiger partial charge < -0.3 is 0 Å². The van der Waals surface area contributed by atoms with E-state index in [1.165, 1.54) is 0 Å². The van der Waals surface area contributed by atoms with Gasteiger partial charge in [0.1, 0.15) is 0 Å². The summed E-state index contributed by atoms with van der Waals surface area (Å²) in [5, 5.41) is 1.06. The Morgan fingerprint density at radius 2 is 1.62 bits per heavy atom. The van der Waals surface area contributed by atoms with E-state index in [0.29, 0.717) is 23.7 Å². The maximum absolute atomic E-state index is 6.11. The molecule has 0 saturated heterocycles. The average molecular weight is 191 g/mol. The lowest BCUT2D eigenvalue weighted by molar-refractivity contribution is 0.304. The van der Waals surface area contributed by atoms with E-state index in [9.17, 15) is 0 Å². The lowest BCUT2D eigenvalue weighted by atomic mass is 9.63. The van der Waals surface area contributed by atoms with Crippen LogP contribution in [-0.4, -0.2) is 0 Å². The van der Waals surface area contributed by atoms with Crippen molar-refractivity contribution in [2.24, 2.45) is 23.7 Å². The van der Waals surface area contributed by atoms with Gasteiger partial charge in [-0.3, -0.25) is 0 Å². The van der Waals surface area contributed by atoms with Crippen molar-refractivity contribution in [2.75, 3.05) is 0 Å². The van der Waals surface area contributed by atoms with Gasteiger partial charge in [-0.25, -0.2) is 0 Å². The van der Waals surface area contributed by atoms with Crippen LogP contribution >= 0.6 is 11.6 Å². The molecule has 0 amide bonds. The first kappa shape index (κ1) is 7.64. The fourth-order valence-corrected chi connectivity index (χ4v) is 2.96. The third kappa shape index (κ3) is 0.986. The molecular formula is C12H11Cl. The fraction of sp³-hybridized carbons (Fsp3) is 0.333. The molecule has 0 aromatic carbocycles. The second-order valence-corrected chi connectivity index (χ2v) is 4.40. The van der Waals surface area contributed by atoms with E-state index in [-0.39, 0.29) is 0 Å². The Hall–Kier alpha value is -0.750. The molecule has 3 aliphatic rings. The van der Waals surface area contributed by atoms with Gasteiger partial charge in [-0.05, 0) is 5.92 Å². The summed E-state index contributed by atoms with van der Waals surface area (Å²) >= 11 is 6.11. The van der Waals surface area contributed by atoms with Crippen molar-refractivity contribution < 1.29 is 0 Å². The summed E-state index contributed by atoms with van der Waals surface area (Å²) in [4.78, 5) is 0. The van der Waals surface area contributed by atoms with Crippen molar-refractivity contribution in [3.63, 3.8) is 0 Å². The zero-order valence-corrected chi connectivity index (χ0v) is 7.98. The molecule has 0 nitrogen and oxygen atoms in total. The Kier molecular flexibility index (Phi) is 1.54. The third-order valence-corrected chi connectivity index (χ3v) is 3.66. The standard InChI is InChI=1S/C12H11Cl/c13-11-7-10-8-3-1-2-4-9(6-5-8)12(10)11/h1-10,12H/b3-1+,4-2?/t8-,9-,10+,12+/m0/s1. The number of hydrogen-bond acceptors (Lipinski definition) is 0. The summed E-state index contributed by atoms with van der Waals surface area (Å²) in [6.45, 7) is 0. The molecule has 66 valence electrons. The first-order chi connectivity index (χ1) is 6.36. The molecule has 0 aromatic rings. The molecule has 0 aliphatic heterocycles. The number of hydrogen-bond donors (Lipinski definition) is 0.